The Labute approximate surface area is 159 Å². The molecule has 142 valence electrons. The first kappa shape index (κ1) is 18.8. The fraction of sp³-hybridized carbons (Fsp3) is 0.286. The predicted molar refractivity (Wildman–Crippen MR) is 106 cm³/mol. The first-order valence-electron chi connectivity index (χ1n) is 9.05. The Bertz CT molecular complexity index is 768. The fourth-order valence-corrected chi connectivity index (χ4v) is 3.04. The van der Waals surface area contributed by atoms with Crippen molar-refractivity contribution in [1.82, 2.24) is 10.4 Å². The van der Waals surface area contributed by atoms with E-state index in [-0.39, 0.29) is 11.7 Å². The van der Waals surface area contributed by atoms with Gasteiger partial charge >= 0.3 is 0 Å². The van der Waals surface area contributed by atoms with Crippen molar-refractivity contribution in [2.75, 3.05) is 37.7 Å². The summed E-state index contributed by atoms with van der Waals surface area (Å²) in [6.45, 7) is 7.20. The van der Waals surface area contributed by atoms with E-state index in [1.807, 2.05) is 41.4 Å². The summed E-state index contributed by atoms with van der Waals surface area (Å²) in [5.41, 5.74) is 4.97. The lowest BCUT2D eigenvalue weighted by atomic mass is 10.1. The standard InChI is InChI=1S/C21H25N3O3/c1-2-14-27-20-5-3-4-17(15-20)16-21(26)22-24-12-10-23(11-13-24)18-6-8-19(25)9-7-18/h2-9,15,25H,1,10-14,16H2,(H,22,26). The molecule has 1 saturated heterocycles. The highest BCUT2D eigenvalue weighted by molar-refractivity contribution is 5.78. The SMILES string of the molecule is C=CCOc1cccc(CC(=O)NN2CCN(c3ccc(O)cc3)CC2)c1. The molecule has 0 aliphatic carbocycles. The maximum absolute atomic E-state index is 12.3. The van der Waals surface area contributed by atoms with Gasteiger partial charge in [0.15, 0.2) is 0 Å². The summed E-state index contributed by atoms with van der Waals surface area (Å²) >= 11 is 0. The van der Waals surface area contributed by atoms with Gasteiger partial charge in [-0.25, -0.2) is 5.01 Å². The molecule has 1 fully saturated rings. The summed E-state index contributed by atoms with van der Waals surface area (Å²) in [5.74, 6) is 0.972. The van der Waals surface area contributed by atoms with Gasteiger partial charge in [0, 0.05) is 31.9 Å². The van der Waals surface area contributed by atoms with E-state index in [1.54, 1.807) is 18.2 Å². The summed E-state index contributed by atoms with van der Waals surface area (Å²) in [7, 11) is 0. The lowest BCUT2D eigenvalue weighted by molar-refractivity contribution is -0.125. The molecule has 0 radical (unpaired) electrons. The number of ether oxygens (including phenoxy) is 1. The van der Waals surface area contributed by atoms with Crippen LogP contribution in [0.4, 0.5) is 5.69 Å². The maximum atomic E-state index is 12.3. The first-order valence-corrected chi connectivity index (χ1v) is 9.05. The van der Waals surface area contributed by atoms with Crippen LogP contribution < -0.4 is 15.1 Å². The number of hydrazine groups is 1. The van der Waals surface area contributed by atoms with Gasteiger partial charge in [0.2, 0.25) is 5.91 Å². The van der Waals surface area contributed by atoms with Crippen molar-refractivity contribution in [2.24, 2.45) is 0 Å². The van der Waals surface area contributed by atoms with Crippen LogP contribution in [0.2, 0.25) is 0 Å². The molecule has 3 rings (SSSR count). The zero-order chi connectivity index (χ0) is 19.1. The van der Waals surface area contributed by atoms with Crippen molar-refractivity contribution < 1.29 is 14.6 Å². The number of amides is 1. The third kappa shape index (κ3) is 5.49. The summed E-state index contributed by atoms with van der Waals surface area (Å²) < 4.78 is 5.51. The number of aromatic hydroxyl groups is 1. The monoisotopic (exact) mass is 367 g/mol. The number of nitrogens with zero attached hydrogens (tertiary/aromatic N) is 2. The van der Waals surface area contributed by atoms with Crippen LogP contribution in [0.25, 0.3) is 0 Å². The number of benzene rings is 2. The second kappa shape index (κ2) is 9.09. The van der Waals surface area contributed by atoms with E-state index >= 15 is 0 Å². The highest BCUT2D eigenvalue weighted by atomic mass is 16.5. The van der Waals surface area contributed by atoms with E-state index in [0.29, 0.717) is 13.0 Å². The lowest BCUT2D eigenvalue weighted by Gasteiger charge is -2.36. The minimum atomic E-state index is -0.0334. The van der Waals surface area contributed by atoms with Crippen molar-refractivity contribution in [1.29, 1.82) is 0 Å². The predicted octanol–water partition coefficient (Wildman–Crippen LogP) is 2.35. The number of hydrogen-bond donors (Lipinski definition) is 2. The number of carbonyl (C=O) groups excluding carboxylic acids is 1. The number of phenols is 1. The average Bonchev–Trinajstić information content (AvgIpc) is 2.68. The van der Waals surface area contributed by atoms with Crippen LogP contribution in [-0.4, -0.2) is 48.8 Å². The van der Waals surface area contributed by atoms with Crippen molar-refractivity contribution in [2.45, 2.75) is 6.42 Å². The Balaban J connectivity index is 1.46. The molecule has 0 atom stereocenters. The third-order valence-corrected chi connectivity index (χ3v) is 4.41. The van der Waals surface area contributed by atoms with Gasteiger partial charge in [-0.15, -0.1) is 0 Å². The second-order valence-electron chi connectivity index (χ2n) is 6.45. The number of anilines is 1. The van der Waals surface area contributed by atoms with Crippen LogP contribution in [0, 0.1) is 0 Å². The van der Waals surface area contributed by atoms with Gasteiger partial charge < -0.3 is 14.7 Å². The molecule has 1 aliphatic heterocycles. The number of carbonyl (C=O) groups is 1. The van der Waals surface area contributed by atoms with Gasteiger partial charge in [0.1, 0.15) is 18.1 Å². The summed E-state index contributed by atoms with van der Waals surface area (Å²) in [6.07, 6.45) is 2.00. The Morgan fingerprint density at radius 2 is 1.89 bits per heavy atom. The Kier molecular flexibility index (Phi) is 6.33. The van der Waals surface area contributed by atoms with Crippen LogP contribution in [0.5, 0.6) is 11.5 Å². The highest BCUT2D eigenvalue weighted by Crippen LogP contribution is 2.19. The molecule has 6 nitrogen and oxygen atoms in total. The molecule has 2 aromatic carbocycles. The number of phenolic OH excluding ortho intramolecular Hbond substituents is 1. The smallest absolute Gasteiger partial charge is 0.238 e. The molecule has 0 saturated carbocycles. The average molecular weight is 367 g/mol. The van der Waals surface area contributed by atoms with Gasteiger partial charge in [0.25, 0.3) is 0 Å². The maximum Gasteiger partial charge on any atom is 0.238 e. The second-order valence-corrected chi connectivity index (χ2v) is 6.45. The number of piperazine rings is 1. The molecule has 2 aromatic rings. The number of hydrogen-bond acceptors (Lipinski definition) is 5. The fourth-order valence-electron chi connectivity index (χ4n) is 3.04. The van der Waals surface area contributed by atoms with Gasteiger partial charge in [-0.05, 0) is 42.0 Å². The molecule has 0 unspecified atom stereocenters. The lowest BCUT2D eigenvalue weighted by Crippen LogP contribution is -2.54. The molecule has 1 aliphatic rings. The van der Waals surface area contributed by atoms with Gasteiger partial charge in [0.05, 0.1) is 6.42 Å². The largest absolute Gasteiger partial charge is 0.508 e. The topological polar surface area (TPSA) is 65.0 Å². The Morgan fingerprint density at radius 1 is 1.15 bits per heavy atom. The molecular formula is C21H25N3O3. The molecule has 6 heteroatoms. The first-order chi connectivity index (χ1) is 13.1. The Hall–Kier alpha value is -2.99. The van der Waals surface area contributed by atoms with Crippen LogP contribution in [0.1, 0.15) is 5.56 Å². The van der Waals surface area contributed by atoms with Gasteiger partial charge in [-0.3, -0.25) is 10.2 Å². The van der Waals surface area contributed by atoms with Crippen LogP contribution in [0.3, 0.4) is 0 Å². The summed E-state index contributed by atoms with van der Waals surface area (Å²) in [4.78, 5) is 14.6. The third-order valence-electron chi connectivity index (χ3n) is 4.41. The normalized spacial score (nSPS) is 14.6. The molecule has 1 amide bonds. The van der Waals surface area contributed by atoms with E-state index in [0.717, 1.165) is 43.2 Å². The molecule has 0 bridgehead atoms. The van der Waals surface area contributed by atoms with Crippen LogP contribution >= 0.6 is 0 Å². The van der Waals surface area contributed by atoms with Crippen molar-refractivity contribution in [3.05, 3.63) is 66.7 Å². The van der Waals surface area contributed by atoms with E-state index in [1.165, 1.54) is 0 Å². The molecule has 0 spiro atoms. The number of nitrogens with one attached hydrogen (secondary N) is 1. The highest BCUT2D eigenvalue weighted by Gasteiger charge is 2.18. The van der Waals surface area contributed by atoms with E-state index in [2.05, 4.69) is 16.9 Å². The zero-order valence-corrected chi connectivity index (χ0v) is 15.3. The van der Waals surface area contributed by atoms with E-state index < -0.39 is 0 Å². The summed E-state index contributed by atoms with van der Waals surface area (Å²) in [5, 5.41) is 11.3. The van der Waals surface area contributed by atoms with Crippen LogP contribution in [-0.2, 0) is 11.2 Å². The van der Waals surface area contributed by atoms with Crippen molar-refractivity contribution >= 4 is 11.6 Å². The minimum Gasteiger partial charge on any atom is -0.508 e. The van der Waals surface area contributed by atoms with Crippen molar-refractivity contribution in [3.63, 3.8) is 0 Å². The molecular weight excluding hydrogens is 342 g/mol. The number of rotatable bonds is 7. The molecule has 2 N–H and O–H groups in total. The quantitative estimate of drug-likeness (QED) is 0.736. The van der Waals surface area contributed by atoms with Crippen molar-refractivity contribution in [3.8, 4) is 11.5 Å². The van der Waals surface area contributed by atoms with Gasteiger partial charge in [-0.1, -0.05) is 24.8 Å². The Morgan fingerprint density at radius 3 is 2.59 bits per heavy atom. The zero-order valence-electron chi connectivity index (χ0n) is 15.3. The summed E-state index contributed by atoms with van der Waals surface area (Å²) in [6, 6.07) is 14.8. The molecule has 1 heterocycles. The molecule has 27 heavy (non-hydrogen) atoms. The molecule has 0 aromatic heterocycles. The van der Waals surface area contributed by atoms with Gasteiger partial charge in [-0.2, -0.15) is 0 Å². The van der Waals surface area contributed by atoms with E-state index in [4.69, 9.17) is 4.74 Å². The minimum absolute atomic E-state index is 0.0334. The van der Waals surface area contributed by atoms with Crippen LogP contribution in [0.15, 0.2) is 61.2 Å². The van der Waals surface area contributed by atoms with E-state index in [9.17, 15) is 9.90 Å².